The highest BCUT2D eigenvalue weighted by Gasteiger charge is 2.31. The van der Waals surface area contributed by atoms with E-state index in [9.17, 15) is 13.2 Å². The molecule has 1 heterocycles. The maximum atomic E-state index is 12.4. The first kappa shape index (κ1) is 12.8. The summed E-state index contributed by atoms with van der Waals surface area (Å²) in [5.74, 6) is 0.373. The van der Waals surface area contributed by atoms with E-state index < -0.39 is 18.3 Å². The number of hydrogen-bond acceptors (Lipinski definition) is 3. The van der Waals surface area contributed by atoms with Gasteiger partial charge in [0.1, 0.15) is 5.82 Å². The largest absolute Gasteiger partial charge is 0.417 e. The van der Waals surface area contributed by atoms with Gasteiger partial charge in [-0.05, 0) is 13.0 Å². The molecule has 1 aromatic rings. The Morgan fingerprint density at radius 2 is 2.06 bits per heavy atom. The molecule has 1 N–H and O–H groups in total. The van der Waals surface area contributed by atoms with Gasteiger partial charge in [0.2, 0.25) is 0 Å². The van der Waals surface area contributed by atoms with Crippen LogP contribution in [-0.4, -0.2) is 23.7 Å². The van der Waals surface area contributed by atoms with Crippen molar-refractivity contribution in [2.75, 3.05) is 18.5 Å². The maximum absolute atomic E-state index is 12.4. The normalized spacial score (nSPS) is 11.6. The van der Waals surface area contributed by atoms with Crippen molar-refractivity contribution >= 4 is 5.82 Å². The average molecular weight is 234 g/mol. The fourth-order valence-electron chi connectivity index (χ4n) is 1.27. The van der Waals surface area contributed by atoms with Gasteiger partial charge in [0.05, 0.1) is 12.2 Å². The van der Waals surface area contributed by atoms with E-state index in [1.54, 1.807) is 11.9 Å². The molecule has 90 valence electrons. The van der Waals surface area contributed by atoms with E-state index in [4.69, 9.17) is 5.11 Å². The molecule has 0 fully saturated rings. The van der Waals surface area contributed by atoms with Crippen LogP contribution in [-0.2, 0) is 12.8 Å². The quantitative estimate of drug-likeness (QED) is 0.869. The van der Waals surface area contributed by atoms with Crippen molar-refractivity contribution in [3.8, 4) is 0 Å². The number of aliphatic hydroxyl groups excluding tert-OH is 1. The summed E-state index contributed by atoms with van der Waals surface area (Å²) in [6.07, 6.45) is -3.65. The summed E-state index contributed by atoms with van der Waals surface area (Å²) in [6, 6.07) is 0.925. The highest BCUT2D eigenvalue weighted by Crippen LogP contribution is 2.31. The number of aromatic nitrogens is 1. The van der Waals surface area contributed by atoms with Crippen molar-refractivity contribution in [1.29, 1.82) is 0 Å². The number of hydrogen-bond donors (Lipinski definition) is 1. The Morgan fingerprint density at radius 1 is 1.44 bits per heavy atom. The lowest BCUT2D eigenvalue weighted by atomic mass is 10.2. The molecule has 0 aromatic carbocycles. The molecule has 0 spiro atoms. The summed E-state index contributed by atoms with van der Waals surface area (Å²) in [6.45, 7) is 1.99. The molecule has 0 atom stereocenters. The Labute approximate surface area is 91.5 Å². The molecule has 16 heavy (non-hydrogen) atoms. The second-order valence-electron chi connectivity index (χ2n) is 3.38. The SMILES string of the molecule is CCN(C)c1ncc(C(F)(F)F)cc1CO. The maximum Gasteiger partial charge on any atom is 0.417 e. The lowest BCUT2D eigenvalue weighted by Crippen LogP contribution is -2.20. The number of aliphatic hydroxyl groups is 1. The molecule has 0 saturated carbocycles. The highest BCUT2D eigenvalue weighted by atomic mass is 19.4. The first-order chi connectivity index (χ1) is 7.40. The van der Waals surface area contributed by atoms with Crippen LogP contribution in [0.3, 0.4) is 0 Å². The molecule has 0 aliphatic heterocycles. The van der Waals surface area contributed by atoms with Crippen LogP contribution >= 0.6 is 0 Å². The van der Waals surface area contributed by atoms with Crippen LogP contribution in [0.1, 0.15) is 18.1 Å². The Morgan fingerprint density at radius 3 is 2.50 bits per heavy atom. The zero-order chi connectivity index (χ0) is 12.3. The zero-order valence-electron chi connectivity index (χ0n) is 9.04. The summed E-state index contributed by atoms with van der Waals surface area (Å²) < 4.78 is 37.2. The zero-order valence-corrected chi connectivity index (χ0v) is 9.04. The number of anilines is 1. The third-order valence-electron chi connectivity index (χ3n) is 2.28. The van der Waals surface area contributed by atoms with Crippen LogP contribution in [0, 0.1) is 0 Å². The molecule has 0 aliphatic carbocycles. The van der Waals surface area contributed by atoms with Gasteiger partial charge < -0.3 is 10.0 Å². The third-order valence-corrected chi connectivity index (χ3v) is 2.28. The van der Waals surface area contributed by atoms with Gasteiger partial charge in [-0.1, -0.05) is 0 Å². The molecule has 3 nitrogen and oxygen atoms in total. The predicted molar refractivity (Wildman–Crippen MR) is 54.1 cm³/mol. The summed E-state index contributed by atoms with van der Waals surface area (Å²) in [5, 5.41) is 9.02. The Balaban J connectivity index is 3.17. The molecular weight excluding hydrogens is 221 g/mol. The summed E-state index contributed by atoms with van der Waals surface area (Å²) in [4.78, 5) is 5.40. The molecular formula is C10H13F3N2O. The van der Waals surface area contributed by atoms with E-state index in [1.165, 1.54) is 0 Å². The molecule has 0 amide bonds. The number of alkyl halides is 3. The topological polar surface area (TPSA) is 36.4 Å². The average Bonchev–Trinajstić information content (AvgIpc) is 2.26. The van der Waals surface area contributed by atoms with Gasteiger partial charge >= 0.3 is 6.18 Å². The molecule has 6 heteroatoms. The standard InChI is InChI=1S/C10H13F3N2O/c1-3-15(2)9-7(6-16)4-8(5-14-9)10(11,12)13/h4-5,16H,3,6H2,1-2H3. The third kappa shape index (κ3) is 2.63. The number of rotatable bonds is 3. The van der Waals surface area contributed by atoms with E-state index in [0.29, 0.717) is 12.4 Å². The minimum absolute atomic E-state index is 0.180. The van der Waals surface area contributed by atoms with Gasteiger partial charge in [-0.3, -0.25) is 0 Å². The fourth-order valence-corrected chi connectivity index (χ4v) is 1.27. The van der Waals surface area contributed by atoms with Crippen molar-refractivity contribution < 1.29 is 18.3 Å². The van der Waals surface area contributed by atoms with Gasteiger partial charge in [0, 0.05) is 25.4 Å². The fraction of sp³-hybridized carbons (Fsp3) is 0.500. The van der Waals surface area contributed by atoms with Crippen LogP contribution in [0.15, 0.2) is 12.3 Å². The van der Waals surface area contributed by atoms with Crippen molar-refractivity contribution in [3.05, 3.63) is 23.4 Å². The molecule has 1 aromatic heterocycles. The second kappa shape index (κ2) is 4.69. The van der Waals surface area contributed by atoms with Gasteiger partial charge in [-0.25, -0.2) is 4.98 Å². The molecule has 0 radical (unpaired) electrons. The molecule has 0 bridgehead atoms. The minimum atomic E-state index is -4.43. The molecule has 0 aliphatic rings. The van der Waals surface area contributed by atoms with Crippen molar-refractivity contribution in [1.82, 2.24) is 4.98 Å². The van der Waals surface area contributed by atoms with Gasteiger partial charge in [0.15, 0.2) is 0 Å². The van der Waals surface area contributed by atoms with Gasteiger partial charge in [-0.15, -0.1) is 0 Å². The van der Waals surface area contributed by atoms with Crippen LogP contribution in [0.5, 0.6) is 0 Å². The second-order valence-corrected chi connectivity index (χ2v) is 3.38. The minimum Gasteiger partial charge on any atom is -0.392 e. The molecule has 0 unspecified atom stereocenters. The van der Waals surface area contributed by atoms with Crippen molar-refractivity contribution in [2.24, 2.45) is 0 Å². The Hall–Kier alpha value is -1.30. The van der Waals surface area contributed by atoms with Crippen molar-refractivity contribution in [3.63, 3.8) is 0 Å². The van der Waals surface area contributed by atoms with E-state index in [-0.39, 0.29) is 5.56 Å². The highest BCUT2D eigenvalue weighted by molar-refractivity contribution is 5.47. The lowest BCUT2D eigenvalue weighted by Gasteiger charge is -2.19. The smallest absolute Gasteiger partial charge is 0.392 e. The lowest BCUT2D eigenvalue weighted by molar-refractivity contribution is -0.137. The first-order valence-corrected chi connectivity index (χ1v) is 4.78. The van der Waals surface area contributed by atoms with E-state index in [0.717, 1.165) is 12.3 Å². The van der Waals surface area contributed by atoms with Crippen LogP contribution in [0.25, 0.3) is 0 Å². The van der Waals surface area contributed by atoms with Gasteiger partial charge in [-0.2, -0.15) is 13.2 Å². The number of nitrogens with zero attached hydrogens (tertiary/aromatic N) is 2. The van der Waals surface area contributed by atoms with Gasteiger partial charge in [0.25, 0.3) is 0 Å². The monoisotopic (exact) mass is 234 g/mol. The molecule has 0 saturated heterocycles. The summed E-state index contributed by atoms with van der Waals surface area (Å²) in [7, 11) is 1.70. The summed E-state index contributed by atoms with van der Waals surface area (Å²) >= 11 is 0. The van der Waals surface area contributed by atoms with E-state index in [1.807, 2.05) is 6.92 Å². The number of pyridine rings is 1. The molecule has 1 rings (SSSR count). The predicted octanol–water partition coefficient (Wildman–Crippen LogP) is 2.05. The Bertz CT molecular complexity index is 366. The van der Waals surface area contributed by atoms with Crippen LogP contribution in [0.4, 0.5) is 19.0 Å². The van der Waals surface area contributed by atoms with E-state index in [2.05, 4.69) is 4.98 Å². The van der Waals surface area contributed by atoms with Crippen molar-refractivity contribution in [2.45, 2.75) is 19.7 Å². The first-order valence-electron chi connectivity index (χ1n) is 4.78. The number of halogens is 3. The summed E-state index contributed by atoms with van der Waals surface area (Å²) in [5.41, 5.74) is -0.663. The van der Waals surface area contributed by atoms with E-state index >= 15 is 0 Å². The van der Waals surface area contributed by atoms with Crippen LogP contribution < -0.4 is 4.90 Å². The van der Waals surface area contributed by atoms with Crippen LogP contribution in [0.2, 0.25) is 0 Å². The Kier molecular flexibility index (Phi) is 3.74.